The van der Waals surface area contributed by atoms with Crippen LogP contribution in [-0.4, -0.2) is 41.9 Å². The summed E-state index contributed by atoms with van der Waals surface area (Å²) in [4.78, 5) is 62.5. The Bertz CT molecular complexity index is 1360. The Morgan fingerprint density at radius 2 is 1.59 bits per heavy atom. The van der Waals surface area contributed by atoms with E-state index in [1.165, 1.54) is 13.1 Å². The van der Waals surface area contributed by atoms with Crippen molar-refractivity contribution in [2.45, 2.75) is 38.1 Å². The Morgan fingerprint density at radius 1 is 0.971 bits per heavy atom. The molecular formula is C20H20CuN6O7+2. The van der Waals surface area contributed by atoms with Crippen molar-refractivity contribution < 1.29 is 36.7 Å². The van der Waals surface area contributed by atoms with Gasteiger partial charge in [-0.3, -0.25) is 38.5 Å². The summed E-state index contributed by atoms with van der Waals surface area (Å²) in [5.41, 5.74) is -3.85. The Morgan fingerprint density at radius 3 is 2.21 bits per heavy atom. The summed E-state index contributed by atoms with van der Waals surface area (Å²) in [5.74, 6) is -2.07. The minimum atomic E-state index is -0.985. The zero-order valence-corrected chi connectivity index (χ0v) is 19.1. The maximum atomic E-state index is 13.2. The van der Waals surface area contributed by atoms with Crippen LogP contribution in [0.15, 0.2) is 32.0 Å². The number of amides is 2. The van der Waals surface area contributed by atoms with Gasteiger partial charge in [0.2, 0.25) is 11.6 Å². The van der Waals surface area contributed by atoms with Crippen molar-refractivity contribution >= 4 is 28.9 Å². The van der Waals surface area contributed by atoms with Gasteiger partial charge in [0.1, 0.15) is 0 Å². The second-order valence-electron chi connectivity index (χ2n) is 7.96. The van der Waals surface area contributed by atoms with Gasteiger partial charge < -0.3 is 5.11 Å². The van der Waals surface area contributed by atoms with Gasteiger partial charge in [0, 0.05) is 26.2 Å². The van der Waals surface area contributed by atoms with Gasteiger partial charge in [0.05, 0.1) is 16.1 Å². The maximum absolute atomic E-state index is 13.2. The molecule has 2 aliphatic rings. The maximum Gasteiger partial charge on any atom is 2.00 e. The van der Waals surface area contributed by atoms with Crippen LogP contribution in [0.3, 0.4) is 0 Å². The Kier molecular flexibility index (Phi) is 6.84. The smallest absolute Gasteiger partial charge is 0.493 e. The van der Waals surface area contributed by atoms with Crippen molar-refractivity contribution in [3.63, 3.8) is 0 Å². The molecule has 2 aromatic rings. The van der Waals surface area contributed by atoms with E-state index in [0.29, 0.717) is 17.4 Å². The first-order chi connectivity index (χ1) is 15.6. The predicted molar refractivity (Wildman–Crippen MR) is 113 cm³/mol. The third kappa shape index (κ3) is 3.84. The SMILES string of the molecule is Cn1c(O)c(N=Nc2c([N+](=O)[O-])ccc3c2C(=O)N(C2CCCCC2)C3=O)c(=O)n(C)c1=O.[Cu+2]. The third-order valence-electron chi connectivity index (χ3n) is 6.04. The summed E-state index contributed by atoms with van der Waals surface area (Å²) >= 11 is 0. The van der Waals surface area contributed by atoms with Crippen molar-refractivity contribution in [2.24, 2.45) is 24.3 Å². The van der Waals surface area contributed by atoms with Crippen LogP contribution < -0.4 is 11.2 Å². The van der Waals surface area contributed by atoms with E-state index in [9.17, 15) is 34.4 Å². The summed E-state index contributed by atoms with van der Waals surface area (Å²) < 4.78 is 1.43. The number of azo groups is 1. The number of hydrogen-bond acceptors (Lipinski definition) is 9. The zero-order chi connectivity index (χ0) is 24.0. The number of hydrogen-bond donors (Lipinski definition) is 1. The molecule has 181 valence electrons. The van der Waals surface area contributed by atoms with Gasteiger partial charge in [0.15, 0.2) is 5.69 Å². The molecule has 34 heavy (non-hydrogen) atoms. The van der Waals surface area contributed by atoms with Gasteiger partial charge in [-0.1, -0.05) is 19.3 Å². The van der Waals surface area contributed by atoms with Crippen LogP contribution in [0.5, 0.6) is 5.88 Å². The van der Waals surface area contributed by atoms with E-state index < -0.39 is 50.9 Å². The van der Waals surface area contributed by atoms with Crippen LogP contribution in [0.1, 0.15) is 52.8 Å². The fourth-order valence-corrected chi connectivity index (χ4v) is 4.24. The van der Waals surface area contributed by atoms with Crippen molar-refractivity contribution in [3.05, 3.63) is 54.2 Å². The molecule has 1 aromatic heterocycles. The summed E-state index contributed by atoms with van der Waals surface area (Å²) in [5, 5.41) is 29.2. The van der Waals surface area contributed by atoms with Crippen molar-refractivity contribution in [1.82, 2.24) is 14.0 Å². The van der Waals surface area contributed by atoms with E-state index >= 15 is 0 Å². The number of nitro benzene ring substituents is 1. The minimum Gasteiger partial charge on any atom is -0.493 e. The first kappa shape index (κ1) is 25.0. The molecule has 1 aromatic carbocycles. The fourth-order valence-electron chi connectivity index (χ4n) is 4.24. The Hall–Kier alpha value is -3.64. The van der Waals surface area contributed by atoms with E-state index in [4.69, 9.17) is 0 Å². The monoisotopic (exact) mass is 519 g/mol. The minimum absolute atomic E-state index is 0. The molecular weight excluding hydrogens is 500 g/mol. The van der Waals surface area contributed by atoms with Crippen LogP contribution in [0.2, 0.25) is 0 Å². The molecule has 1 fully saturated rings. The molecule has 1 aliphatic carbocycles. The van der Waals surface area contributed by atoms with E-state index in [1.807, 2.05) is 0 Å². The molecule has 13 nitrogen and oxygen atoms in total. The summed E-state index contributed by atoms with van der Waals surface area (Å²) in [7, 11) is 2.36. The van der Waals surface area contributed by atoms with Gasteiger partial charge in [-0.25, -0.2) is 4.79 Å². The Balaban J connectivity index is 0.00000324. The number of fused-ring (bicyclic) bond motifs is 1. The number of aromatic nitrogens is 2. The third-order valence-corrected chi connectivity index (χ3v) is 6.04. The van der Waals surface area contributed by atoms with E-state index in [-0.39, 0.29) is 34.2 Å². The van der Waals surface area contributed by atoms with Gasteiger partial charge in [0.25, 0.3) is 23.1 Å². The largest absolute Gasteiger partial charge is 2.00 e. The number of rotatable bonds is 4. The van der Waals surface area contributed by atoms with Gasteiger partial charge in [-0.05, 0) is 18.9 Å². The standard InChI is InChI=1S/C20H20N6O7.Cu/c1-23-18(29)15(19(30)24(2)20(23)31)22-21-14-12(26(32)33)9-8-11-13(14)17(28)25(16(11)27)10-6-4-3-5-7-10;/h8-10,29H,3-7H2,1-2H3;/q;+2. The van der Waals surface area contributed by atoms with Gasteiger partial charge >= 0.3 is 22.8 Å². The molecule has 2 amide bonds. The second kappa shape index (κ2) is 9.31. The fraction of sp³-hybridized carbons (Fsp3) is 0.400. The van der Waals surface area contributed by atoms with Crippen LogP contribution >= 0.6 is 0 Å². The molecule has 0 saturated heterocycles. The summed E-state index contributed by atoms with van der Waals surface area (Å²) in [6, 6.07) is 1.94. The average Bonchev–Trinajstić information content (AvgIpc) is 3.06. The van der Waals surface area contributed by atoms with Crippen LogP contribution in [-0.2, 0) is 31.2 Å². The number of carbonyl (C=O) groups is 2. The normalized spacial score (nSPS) is 16.1. The molecule has 0 unspecified atom stereocenters. The van der Waals surface area contributed by atoms with Crippen LogP contribution in [0.4, 0.5) is 17.1 Å². The van der Waals surface area contributed by atoms with Crippen molar-refractivity contribution in [1.29, 1.82) is 0 Å². The molecule has 4 rings (SSSR count). The van der Waals surface area contributed by atoms with Crippen LogP contribution in [0.25, 0.3) is 0 Å². The molecule has 0 spiro atoms. The molecule has 2 heterocycles. The van der Waals surface area contributed by atoms with E-state index in [2.05, 4.69) is 10.2 Å². The summed E-state index contributed by atoms with van der Waals surface area (Å²) in [6.07, 6.45) is 4.02. The molecule has 1 saturated carbocycles. The number of nitro groups is 1. The number of aromatic hydroxyl groups is 1. The molecule has 1 aliphatic heterocycles. The molecule has 1 N–H and O–H groups in total. The molecule has 0 bridgehead atoms. The number of nitrogens with zero attached hydrogens (tertiary/aromatic N) is 6. The van der Waals surface area contributed by atoms with Gasteiger partial charge in [-0.2, -0.15) is 0 Å². The quantitative estimate of drug-likeness (QED) is 0.212. The molecule has 1 radical (unpaired) electrons. The second-order valence-corrected chi connectivity index (χ2v) is 7.96. The first-order valence-corrected chi connectivity index (χ1v) is 10.2. The van der Waals surface area contributed by atoms with Crippen molar-refractivity contribution in [2.75, 3.05) is 0 Å². The predicted octanol–water partition coefficient (Wildman–Crippen LogP) is 2.04. The number of carbonyl (C=O) groups excluding carboxylic acids is 2. The topological polar surface area (TPSA) is 169 Å². The Labute approximate surface area is 202 Å². The average molecular weight is 520 g/mol. The van der Waals surface area contributed by atoms with Crippen LogP contribution in [0, 0.1) is 10.1 Å². The summed E-state index contributed by atoms with van der Waals surface area (Å²) in [6.45, 7) is 0. The zero-order valence-electron chi connectivity index (χ0n) is 18.1. The van der Waals surface area contributed by atoms with E-state index in [1.54, 1.807) is 0 Å². The molecule has 14 heteroatoms. The number of imide groups is 1. The first-order valence-electron chi connectivity index (χ1n) is 10.2. The molecule has 0 atom stereocenters. The van der Waals surface area contributed by atoms with Crippen molar-refractivity contribution in [3.8, 4) is 5.88 Å². The number of benzene rings is 1. The van der Waals surface area contributed by atoms with E-state index in [0.717, 1.165) is 41.8 Å². The van der Waals surface area contributed by atoms with Gasteiger partial charge in [-0.15, -0.1) is 10.2 Å².